The molecule has 0 aromatic heterocycles. The number of carbonyl (C=O) groups is 1. The van der Waals surface area contributed by atoms with Gasteiger partial charge in [-0.25, -0.2) is 0 Å². The zero-order valence-electron chi connectivity index (χ0n) is 10.8. The van der Waals surface area contributed by atoms with Crippen LogP contribution >= 0.6 is 0 Å². The second-order valence-corrected chi connectivity index (χ2v) is 4.42. The molecular formula is C12H24N2O3. The monoisotopic (exact) mass is 244 g/mol. The van der Waals surface area contributed by atoms with Crippen LogP contribution in [0, 0.1) is 0 Å². The molecule has 2 N–H and O–H groups in total. The number of hydrogen-bond donors (Lipinski definition) is 2. The molecule has 0 aliphatic heterocycles. The minimum Gasteiger partial charge on any atom is -0.385 e. The summed E-state index contributed by atoms with van der Waals surface area (Å²) >= 11 is 0. The van der Waals surface area contributed by atoms with Gasteiger partial charge in [0.15, 0.2) is 0 Å². The number of rotatable bonds is 10. The number of nitrogens with one attached hydrogen (secondary N) is 2. The van der Waals surface area contributed by atoms with Crippen LogP contribution in [0.1, 0.15) is 26.2 Å². The van der Waals surface area contributed by atoms with Crippen molar-refractivity contribution < 1.29 is 14.3 Å². The number of amides is 1. The summed E-state index contributed by atoms with van der Waals surface area (Å²) in [5.74, 6) is 0.0897. The highest BCUT2D eigenvalue weighted by atomic mass is 16.5. The van der Waals surface area contributed by atoms with Crippen LogP contribution in [0.3, 0.4) is 0 Å². The highest BCUT2D eigenvalue weighted by molar-refractivity contribution is 5.81. The van der Waals surface area contributed by atoms with E-state index in [1.54, 1.807) is 7.11 Å². The molecule has 5 nitrogen and oxygen atoms in total. The van der Waals surface area contributed by atoms with Gasteiger partial charge in [-0.2, -0.15) is 0 Å². The summed E-state index contributed by atoms with van der Waals surface area (Å²) in [5.41, 5.74) is 0. The Balaban J connectivity index is 1.88. The van der Waals surface area contributed by atoms with Gasteiger partial charge in [-0.3, -0.25) is 4.79 Å². The lowest BCUT2D eigenvalue weighted by Gasteiger charge is -2.13. The van der Waals surface area contributed by atoms with E-state index in [-0.39, 0.29) is 11.9 Å². The van der Waals surface area contributed by atoms with E-state index in [4.69, 9.17) is 9.47 Å². The topological polar surface area (TPSA) is 59.6 Å². The van der Waals surface area contributed by atoms with E-state index < -0.39 is 0 Å². The third-order valence-electron chi connectivity index (χ3n) is 2.65. The lowest BCUT2D eigenvalue weighted by Crippen LogP contribution is -2.44. The molecule has 1 saturated carbocycles. The van der Waals surface area contributed by atoms with Crippen LogP contribution in [0.2, 0.25) is 0 Å². The Bertz CT molecular complexity index is 220. The number of methoxy groups -OCH3 is 1. The molecule has 17 heavy (non-hydrogen) atoms. The maximum Gasteiger partial charge on any atom is 0.237 e. The van der Waals surface area contributed by atoms with Crippen molar-refractivity contribution in [2.45, 2.75) is 38.3 Å². The lowest BCUT2D eigenvalue weighted by atomic mass is 10.3. The first kappa shape index (κ1) is 14.4. The first-order valence-corrected chi connectivity index (χ1v) is 6.34. The lowest BCUT2D eigenvalue weighted by molar-refractivity contribution is -0.122. The van der Waals surface area contributed by atoms with Crippen LogP contribution in [0.5, 0.6) is 0 Å². The molecule has 0 aromatic rings. The van der Waals surface area contributed by atoms with E-state index in [0.29, 0.717) is 25.8 Å². The molecule has 0 aromatic carbocycles. The van der Waals surface area contributed by atoms with Gasteiger partial charge in [-0.15, -0.1) is 0 Å². The van der Waals surface area contributed by atoms with Gasteiger partial charge in [0.1, 0.15) is 0 Å². The average molecular weight is 244 g/mol. The molecule has 100 valence electrons. The Morgan fingerprint density at radius 3 is 2.76 bits per heavy atom. The molecule has 1 amide bonds. The summed E-state index contributed by atoms with van der Waals surface area (Å²) in [5, 5.41) is 6.10. The second kappa shape index (κ2) is 8.44. The number of ether oxygens (including phenoxy) is 2. The van der Waals surface area contributed by atoms with Crippen LogP contribution in [-0.4, -0.2) is 51.5 Å². The van der Waals surface area contributed by atoms with Crippen molar-refractivity contribution in [3.63, 3.8) is 0 Å². The highest BCUT2D eigenvalue weighted by Gasteiger charge is 2.25. The minimum atomic E-state index is -0.141. The summed E-state index contributed by atoms with van der Waals surface area (Å²) in [6.07, 6.45) is 3.16. The van der Waals surface area contributed by atoms with Gasteiger partial charge >= 0.3 is 0 Å². The van der Waals surface area contributed by atoms with Gasteiger partial charge in [-0.05, 0) is 26.2 Å². The van der Waals surface area contributed by atoms with Crippen LogP contribution < -0.4 is 10.6 Å². The fourth-order valence-corrected chi connectivity index (χ4v) is 1.40. The summed E-state index contributed by atoms with van der Waals surface area (Å²) in [6.45, 7) is 4.64. The molecule has 0 radical (unpaired) electrons. The molecule has 1 aliphatic rings. The van der Waals surface area contributed by atoms with Crippen LogP contribution in [-0.2, 0) is 14.3 Å². The van der Waals surface area contributed by atoms with Gasteiger partial charge in [0, 0.05) is 32.9 Å². The van der Waals surface area contributed by atoms with Crippen LogP contribution in [0.15, 0.2) is 0 Å². The molecular weight excluding hydrogens is 220 g/mol. The minimum absolute atomic E-state index is 0.0897. The van der Waals surface area contributed by atoms with Gasteiger partial charge in [-0.1, -0.05) is 0 Å². The molecule has 0 saturated heterocycles. The molecule has 1 unspecified atom stereocenters. The number of carbonyl (C=O) groups excluding carboxylic acids is 1. The van der Waals surface area contributed by atoms with E-state index in [9.17, 15) is 4.79 Å². The Labute approximate surface area is 103 Å². The summed E-state index contributed by atoms with van der Waals surface area (Å²) in [6, 6.07) is 0.287. The predicted molar refractivity (Wildman–Crippen MR) is 65.9 cm³/mol. The van der Waals surface area contributed by atoms with Crippen molar-refractivity contribution in [2.24, 2.45) is 0 Å². The largest absolute Gasteiger partial charge is 0.385 e. The highest BCUT2D eigenvalue weighted by Crippen LogP contribution is 2.18. The maximum absolute atomic E-state index is 11.6. The van der Waals surface area contributed by atoms with Gasteiger partial charge in [0.05, 0.1) is 12.6 Å². The third-order valence-corrected chi connectivity index (χ3v) is 2.65. The summed E-state index contributed by atoms with van der Waals surface area (Å²) < 4.78 is 10.3. The Morgan fingerprint density at radius 2 is 2.12 bits per heavy atom. The van der Waals surface area contributed by atoms with Gasteiger partial charge in [0.25, 0.3) is 0 Å². The Hall–Kier alpha value is -0.650. The quantitative estimate of drug-likeness (QED) is 0.543. The molecule has 5 heteroatoms. The molecule has 1 atom stereocenters. The van der Waals surface area contributed by atoms with Crippen LogP contribution in [0.25, 0.3) is 0 Å². The summed E-state index contributed by atoms with van der Waals surface area (Å²) in [4.78, 5) is 11.6. The summed E-state index contributed by atoms with van der Waals surface area (Å²) in [7, 11) is 1.68. The van der Waals surface area contributed by atoms with Gasteiger partial charge in [0.2, 0.25) is 5.91 Å². The molecule has 0 heterocycles. The average Bonchev–Trinajstić information content (AvgIpc) is 3.11. The smallest absolute Gasteiger partial charge is 0.237 e. The molecule has 1 fully saturated rings. The third kappa shape index (κ3) is 7.31. The Kier molecular flexibility index (Phi) is 7.16. The van der Waals surface area contributed by atoms with E-state index in [1.165, 1.54) is 0 Å². The van der Waals surface area contributed by atoms with E-state index in [0.717, 1.165) is 25.9 Å². The standard InChI is InChI=1S/C12H24N2O3/c1-10(12(15)14-11-4-5-11)13-6-9-17-8-3-7-16-2/h10-11,13H,3-9H2,1-2H3,(H,14,15). The van der Waals surface area contributed by atoms with E-state index in [1.807, 2.05) is 6.92 Å². The molecule has 0 bridgehead atoms. The van der Waals surface area contributed by atoms with E-state index >= 15 is 0 Å². The first-order valence-electron chi connectivity index (χ1n) is 6.34. The fourth-order valence-electron chi connectivity index (χ4n) is 1.40. The van der Waals surface area contributed by atoms with Crippen molar-refractivity contribution in [1.29, 1.82) is 0 Å². The predicted octanol–water partition coefficient (Wildman–Crippen LogP) is 0.296. The maximum atomic E-state index is 11.6. The van der Waals surface area contributed by atoms with Crippen molar-refractivity contribution in [3.05, 3.63) is 0 Å². The Morgan fingerprint density at radius 1 is 1.35 bits per heavy atom. The van der Waals surface area contributed by atoms with Crippen molar-refractivity contribution in [2.75, 3.05) is 33.5 Å². The van der Waals surface area contributed by atoms with Crippen molar-refractivity contribution >= 4 is 5.91 Å². The van der Waals surface area contributed by atoms with Crippen molar-refractivity contribution in [3.8, 4) is 0 Å². The number of hydrogen-bond acceptors (Lipinski definition) is 4. The zero-order valence-corrected chi connectivity index (χ0v) is 10.8. The normalized spacial score (nSPS) is 16.8. The molecule has 0 spiro atoms. The molecule has 1 aliphatic carbocycles. The first-order chi connectivity index (χ1) is 8.24. The SMILES string of the molecule is COCCCOCCNC(C)C(=O)NC1CC1. The van der Waals surface area contributed by atoms with Gasteiger partial charge < -0.3 is 20.1 Å². The van der Waals surface area contributed by atoms with Crippen molar-refractivity contribution in [1.82, 2.24) is 10.6 Å². The van der Waals surface area contributed by atoms with E-state index in [2.05, 4.69) is 10.6 Å². The zero-order chi connectivity index (χ0) is 12.5. The fraction of sp³-hybridized carbons (Fsp3) is 0.917. The second-order valence-electron chi connectivity index (χ2n) is 4.42. The molecule has 1 rings (SSSR count). The van der Waals surface area contributed by atoms with Crippen LogP contribution in [0.4, 0.5) is 0 Å².